The van der Waals surface area contributed by atoms with Crippen LogP contribution in [0.15, 0.2) is 36.7 Å². The van der Waals surface area contributed by atoms with E-state index >= 15 is 0 Å². The highest BCUT2D eigenvalue weighted by Gasteiger charge is 1.98. The van der Waals surface area contributed by atoms with E-state index in [-0.39, 0.29) is 0 Å². The molecule has 0 atom stereocenters. The molecule has 5 heteroatoms. The maximum absolute atomic E-state index is 5.13. The van der Waals surface area contributed by atoms with Gasteiger partial charge in [-0.3, -0.25) is 0 Å². The van der Waals surface area contributed by atoms with Gasteiger partial charge in [-0.25, -0.2) is 9.97 Å². The number of aromatic nitrogens is 2. The van der Waals surface area contributed by atoms with Crippen LogP contribution in [-0.2, 0) is 0 Å². The van der Waals surface area contributed by atoms with E-state index in [0.29, 0.717) is 5.95 Å². The molecule has 2 rings (SSSR count). The zero-order valence-corrected chi connectivity index (χ0v) is 10.8. The summed E-state index contributed by atoms with van der Waals surface area (Å²) in [5.74, 6) is 1.38. The normalized spacial score (nSPS) is 9.88. The fourth-order valence-electron chi connectivity index (χ4n) is 1.21. The topological polar surface area (TPSA) is 47.0 Å². The first-order chi connectivity index (χ1) is 7.78. The molecule has 0 aliphatic rings. The third-order valence-electron chi connectivity index (χ3n) is 1.95. The smallest absolute Gasteiger partial charge is 0.227 e. The minimum absolute atomic E-state index is 0.577. The van der Waals surface area contributed by atoms with E-state index in [1.54, 1.807) is 19.5 Å². The molecule has 0 amide bonds. The predicted octanol–water partition coefficient (Wildman–Crippen LogP) is 2.83. The number of benzene rings is 1. The molecule has 0 bridgehead atoms. The van der Waals surface area contributed by atoms with Crippen molar-refractivity contribution in [2.24, 2.45) is 0 Å². The summed E-state index contributed by atoms with van der Waals surface area (Å²) < 4.78 is 6.14. The minimum Gasteiger partial charge on any atom is -0.497 e. The van der Waals surface area contributed by atoms with Crippen LogP contribution in [0.3, 0.4) is 0 Å². The fourth-order valence-corrected chi connectivity index (χ4v) is 1.49. The molecule has 0 saturated heterocycles. The van der Waals surface area contributed by atoms with E-state index < -0.39 is 0 Å². The summed E-state index contributed by atoms with van der Waals surface area (Å²) in [5, 5.41) is 3.10. The van der Waals surface area contributed by atoms with Crippen LogP contribution in [0.5, 0.6) is 5.75 Å². The summed E-state index contributed by atoms with van der Waals surface area (Å²) >= 11 is 2.17. The lowest BCUT2D eigenvalue weighted by atomic mass is 10.3. The first-order valence-electron chi connectivity index (χ1n) is 4.66. The second-order valence-electron chi connectivity index (χ2n) is 3.08. The lowest BCUT2D eigenvalue weighted by molar-refractivity contribution is 0.415. The highest BCUT2D eigenvalue weighted by molar-refractivity contribution is 14.1. The Morgan fingerprint density at radius 2 is 2.00 bits per heavy atom. The molecule has 0 saturated carbocycles. The summed E-state index contributed by atoms with van der Waals surface area (Å²) in [6, 6.07) is 7.62. The Hall–Kier alpha value is -1.37. The highest BCUT2D eigenvalue weighted by atomic mass is 127. The van der Waals surface area contributed by atoms with Crippen molar-refractivity contribution in [2.45, 2.75) is 0 Å². The molecule has 0 aliphatic heterocycles. The van der Waals surface area contributed by atoms with Crippen LogP contribution in [0.2, 0.25) is 0 Å². The average Bonchev–Trinajstić information content (AvgIpc) is 2.32. The van der Waals surface area contributed by atoms with Gasteiger partial charge in [-0.2, -0.15) is 0 Å². The summed E-state index contributed by atoms with van der Waals surface area (Å²) in [7, 11) is 1.64. The van der Waals surface area contributed by atoms with Gasteiger partial charge in [0.1, 0.15) is 5.75 Å². The van der Waals surface area contributed by atoms with Gasteiger partial charge < -0.3 is 10.1 Å². The lowest BCUT2D eigenvalue weighted by Crippen LogP contribution is -1.96. The minimum atomic E-state index is 0.577. The van der Waals surface area contributed by atoms with Gasteiger partial charge in [0.25, 0.3) is 0 Å². The molecule has 0 unspecified atom stereocenters. The van der Waals surface area contributed by atoms with Crippen molar-refractivity contribution >= 4 is 34.2 Å². The second kappa shape index (κ2) is 5.11. The average molecular weight is 327 g/mol. The van der Waals surface area contributed by atoms with Crippen molar-refractivity contribution < 1.29 is 4.74 Å². The molecule has 2 aromatic rings. The number of nitrogens with one attached hydrogen (secondary N) is 1. The Kier molecular flexibility index (Phi) is 3.55. The molecular formula is C11H10IN3O. The number of nitrogens with zero attached hydrogens (tertiary/aromatic N) is 2. The van der Waals surface area contributed by atoms with Crippen LogP contribution in [0.25, 0.3) is 0 Å². The van der Waals surface area contributed by atoms with E-state index in [4.69, 9.17) is 4.74 Å². The number of hydrogen-bond donors (Lipinski definition) is 1. The number of methoxy groups -OCH3 is 1. The van der Waals surface area contributed by atoms with Gasteiger partial charge in [0.2, 0.25) is 5.95 Å². The number of ether oxygens (including phenoxy) is 1. The summed E-state index contributed by atoms with van der Waals surface area (Å²) in [4.78, 5) is 8.32. The van der Waals surface area contributed by atoms with E-state index in [9.17, 15) is 0 Å². The lowest BCUT2D eigenvalue weighted by Gasteiger charge is -2.06. The zero-order chi connectivity index (χ0) is 11.4. The standard InChI is InChI=1S/C11H10IN3O/c1-16-10-4-2-3-9(5-10)15-11-13-6-8(12)7-14-11/h2-7H,1H3,(H,13,14,15). The van der Waals surface area contributed by atoms with E-state index in [1.807, 2.05) is 24.3 Å². The Morgan fingerprint density at radius 1 is 1.25 bits per heavy atom. The van der Waals surface area contributed by atoms with Gasteiger partial charge in [-0.1, -0.05) is 6.07 Å². The molecule has 0 spiro atoms. The van der Waals surface area contributed by atoms with Crippen LogP contribution in [0, 0.1) is 3.57 Å². The van der Waals surface area contributed by atoms with Gasteiger partial charge in [0.15, 0.2) is 0 Å². The monoisotopic (exact) mass is 327 g/mol. The molecule has 1 N–H and O–H groups in total. The highest BCUT2D eigenvalue weighted by Crippen LogP contribution is 2.19. The van der Waals surface area contributed by atoms with Gasteiger partial charge in [-0.05, 0) is 34.7 Å². The van der Waals surface area contributed by atoms with Crippen molar-refractivity contribution in [1.82, 2.24) is 9.97 Å². The molecule has 0 fully saturated rings. The van der Waals surface area contributed by atoms with E-state index in [0.717, 1.165) is 15.0 Å². The van der Waals surface area contributed by atoms with Crippen molar-refractivity contribution in [3.05, 3.63) is 40.2 Å². The van der Waals surface area contributed by atoms with Crippen LogP contribution in [0.1, 0.15) is 0 Å². The van der Waals surface area contributed by atoms with Crippen LogP contribution in [-0.4, -0.2) is 17.1 Å². The molecule has 1 aromatic carbocycles. The summed E-state index contributed by atoms with van der Waals surface area (Å²) in [6.45, 7) is 0. The molecule has 1 heterocycles. The second-order valence-corrected chi connectivity index (χ2v) is 4.33. The first kappa shape index (κ1) is 11.1. The van der Waals surface area contributed by atoms with E-state index in [2.05, 4.69) is 37.9 Å². The van der Waals surface area contributed by atoms with E-state index in [1.165, 1.54) is 0 Å². The summed E-state index contributed by atoms with van der Waals surface area (Å²) in [5.41, 5.74) is 0.903. The SMILES string of the molecule is COc1cccc(Nc2ncc(I)cn2)c1. The number of hydrogen-bond acceptors (Lipinski definition) is 4. The van der Waals surface area contributed by atoms with Gasteiger partial charge in [0.05, 0.1) is 7.11 Å². The van der Waals surface area contributed by atoms with Crippen LogP contribution in [0.4, 0.5) is 11.6 Å². The number of rotatable bonds is 3. The molecular weight excluding hydrogens is 317 g/mol. The summed E-state index contributed by atoms with van der Waals surface area (Å²) in [6.07, 6.45) is 3.52. The van der Waals surface area contributed by atoms with Crippen molar-refractivity contribution in [2.75, 3.05) is 12.4 Å². The Labute approximate surface area is 107 Å². The third-order valence-corrected chi connectivity index (χ3v) is 2.50. The molecule has 0 aliphatic carbocycles. The van der Waals surface area contributed by atoms with Gasteiger partial charge >= 0.3 is 0 Å². The van der Waals surface area contributed by atoms with Crippen molar-refractivity contribution in [3.63, 3.8) is 0 Å². The Bertz CT molecular complexity index is 473. The number of anilines is 2. The molecule has 82 valence electrons. The van der Waals surface area contributed by atoms with Gasteiger partial charge in [0, 0.05) is 27.7 Å². The van der Waals surface area contributed by atoms with Crippen molar-refractivity contribution in [1.29, 1.82) is 0 Å². The maximum atomic E-state index is 5.13. The van der Waals surface area contributed by atoms with Crippen LogP contribution >= 0.6 is 22.6 Å². The quantitative estimate of drug-likeness (QED) is 0.881. The predicted molar refractivity (Wildman–Crippen MR) is 71.0 cm³/mol. The first-order valence-corrected chi connectivity index (χ1v) is 5.74. The van der Waals surface area contributed by atoms with Crippen molar-refractivity contribution in [3.8, 4) is 5.75 Å². The Balaban J connectivity index is 2.16. The number of halogens is 1. The molecule has 16 heavy (non-hydrogen) atoms. The molecule has 4 nitrogen and oxygen atoms in total. The molecule has 1 aromatic heterocycles. The molecule has 0 radical (unpaired) electrons. The fraction of sp³-hybridized carbons (Fsp3) is 0.0909. The third kappa shape index (κ3) is 2.82. The maximum Gasteiger partial charge on any atom is 0.227 e. The zero-order valence-electron chi connectivity index (χ0n) is 8.64. The van der Waals surface area contributed by atoms with Crippen LogP contribution < -0.4 is 10.1 Å². The largest absolute Gasteiger partial charge is 0.497 e. The Morgan fingerprint density at radius 3 is 2.69 bits per heavy atom. The van der Waals surface area contributed by atoms with Gasteiger partial charge in [-0.15, -0.1) is 0 Å².